The van der Waals surface area contributed by atoms with Gasteiger partial charge in [-0.15, -0.1) is 0 Å². The summed E-state index contributed by atoms with van der Waals surface area (Å²) in [5.74, 6) is -0.0467. The Balaban J connectivity index is 2.99. The summed E-state index contributed by atoms with van der Waals surface area (Å²) >= 11 is 0. The molecule has 0 amide bonds. The maximum atomic E-state index is 12.5. The van der Waals surface area contributed by atoms with Gasteiger partial charge in [0, 0.05) is 0 Å². The first-order chi connectivity index (χ1) is 10.3. The first-order valence-electron chi connectivity index (χ1n) is 6.53. The van der Waals surface area contributed by atoms with E-state index in [1.54, 1.807) is 12.1 Å². The molecule has 0 bridgehead atoms. The molecule has 1 heterocycles. The average Bonchev–Trinajstić information content (AvgIpc) is 2.46. The van der Waals surface area contributed by atoms with E-state index in [1.165, 1.54) is 11.6 Å². The number of rotatable bonds is 3. The number of amidine groups is 1. The van der Waals surface area contributed by atoms with Crippen molar-refractivity contribution in [1.82, 2.24) is 9.55 Å². The molecule has 0 spiro atoms. The number of aliphatic hydroxyl groups excluding tert-OH is 1. The number of aryl methyl sites for hydroxylation is 2. The predicted octanol–water partition coefficient (Wildman–Crippen LogP) is -0.591. The highest BCUT2D eigenvalue weighted by atomic mass is 16.5. The molecular weight excluding hydrogens is 286 g/mol. The van der Waals surface area contributed by atoms with Gasteiger partial charge in [-0.25, -0.2) is 9.56 Å². The summed E-state index contributed by atoms with van der Waals surface area (Å²) < 4.78 is 2.03. The molecule has 8 nitrogen and oxygen atoms in total. The summed E-state index contributed by atoms with van der Waals surface area (Å²) in [5, 5.41) is 26.3. The molecule has 1 aromatic carbocycles. The molecule has 0 aliphatic carbocycles. The van der Waals surface area contributed by atoms with Crippen molar-refractivity contribution in [3.8, 4) is 0 Å². The summed E-state index contributed by atoms with van der Waals surface area (Å²) in [7, 11) is 1.49. The van der Waals surface area contributed by atoms with E-state index in [4.69, 9.17) is 11.1 Å². The Morgan fingerprint density at radius 1 is 1.41 bits per heavy atom. The summed E-state index contributed by atoms with van der Waals surface area (Å²) in [6.45, 7) is 3.74. The van der Waals surface area contributed by atoms with Crippen LogP contribution in [-0.4, -0.2) is 43.6 Å². The molecule has 0 fully saturated rings. The average molecular weight is 304 g/mol. The van der Waals surface area contributed by atoms with Crippen LogP contribution in [0.2, 0.25) is 0 Å². The molecule has 0 unspecified atom stereocenters. The summed E-state index contributed by atoms with van der Waals surface area (Å²) in [4.78, 5) is 16.7. The smallest absolute Gasteiger partial charge is 0.287 e. The van der Waals surface area contributed by atoms with Crippen molar-refractivity contribution >= 4 is 23.2 Å². The number of nitrogens with one attached hydrogen (secondary N) is 1. The Kier molecular flexibility index (Phi) is 4.07. The molecular formula is C14H18N5O3+. The van der Waals surface area contributed by atoms with Crippen molar-refractivity contribution in [3.05, 3.63) is 39.3 Å². The van der Waals surface area contributed by atoms with E-state index >= 15 is 0 Å². The number of hydrogen-bond acceptors (Lipinski definition) is 5. The summed E-state index contributed by atoms with van der Waals surface area (Å²) in [6.07, 6.45) is -1.09. The highest BCUT2D eigenvalue weighted by Crippen LogP contribution is 2.18. The quantitative estimate of drug-likeness (QED) is 0.261. The van der Waals surface area contributed by atoms with Gasteiger partial charge in [-0.1, -0.05) is 0 Å². The summed E-state index contributed by atoms with van der Waals surface area (Å²) in [6, 6.07) is 3.41. The van der Waals surface area contributed by atoms with Crippen LogP contribution in [0.5, 0.6) is 0 Å². The molecule has 0 aliphatic heterocycles. The zero-order valence-electron chi connectivity index (χ0n) is 12.5. The molecule has 2 aromatic rings. The van der Waals surface area contributed by atoms with Crippen molar-refractivity contribution in [2.75, 3.05) is 7.05 Å². The van der Waals surface area contributed by atoms with Crippen molar-refractivity contribution in [1.29, 1.82) is 5.41 Å². The van der Waals surface area contributed by atoms with Gasteiger partial charge >= 0.3 is 0 Å². The molecule has 0 aliphatic rings. The van der Waals surface area contributed by atoms with Crippen molar-refractivity contribution < 1.29 is 14.8 Å². The Morgan fingerprint density at radius 2 is 2.00 bits per heavy atom. The fourth-order valence-corrected chi connectivity index (χ4v) is 2.09. The predicted molar refractivity (Wildman–Crippen MR) is 82.2 cm³/mol. The number of nitrogens with zero attached hydrogens (tertiary/aromatic N) is 3. The molecule has 0 saturated heterocycles. The number of fused-ring (bicyclic) bond motifs is 1. The van der Waals surface area contributed by atoms with Gasteiger partial charge in [0.15, 0.2) is 0 Å². The molecule has 0 radical (unpaired) electrons. The van der Waals surface area contributed by atoms with Gasteiger partial charge in [0.05, 0.1) is 18.1 Å². The van der Waals surface area contributed by atoms with Crippen LogP contribution in [-0.2, 0) is 0 Å². The third-order valence-corrected chi connectivity index (χ3v) is 3.55. The maximum Gasteiger partial charge on any atom is 0.287 e. The molecule has 1 aromatic heterocycles. The lowest BCUT2D eigenvalue weighted by Crippen LogP contribution is -2.38. The van der Waals surface area contributed by atoms with Crippen LogP contribution >= 0.6 is 0 Å². The van der Waals surface area contributed by atoms with Crippen LogP contribution in [0.15, 0.2) is 16.9 Å². The zero-order valence-corrected chi connectivity index (χ0v) is 12.5. The fourth-order valence-electron chi connectivity index (χ4n) is 2.09. The zero-order chi connectivity index (χ0) is 16.6. The SMILES string of the molecule is Cc1cc2nc(C(N)=[N+](C)C=N)c(=O)n(C(O)O)c2cc1C. The Morgan fingerprint density at radius 3 is 2.55 bits per heavy atom. The number of benzene rings is 1. The second-order valence-electron chi connectivity index (χ2n) is 5.03. The van der Waals surface area contributed by atoms with Crippen LogP contribution in [0.1, 0.15) is 23.2 Å². The third kappa shape index (κ3) is 2.49. The highest BCUT2D eigenvalue weighted by molar-refractivity contribution is 5.94. The molecule has 0 atom stereocenters. The molecule has 5 N–H and O–H groups in total. The van der Waals surface area contributed by atoms with E-state index in [9.17, 15) is 15.0 Å². The van der Waals surface area contributed by atoms with Gasteiger partial charge in [-0.05, 0) is 37.1 Å². The van der Waals surface area contributed by atoms with Gasteiger partial charge in [0.25, 0.3) is 11.4 Å². The van der Waals surface area contributed by atoms with E-state index in [0.717, 1.165) is 22.0 Å². The van der Waals surface area contributed by atoms with Crippen LogP contribution in [0.3, 0.4) is 0 Å². The lowest BCUT2D eigenvalue weighted by Gasteiger charge is -2.14. The Labute approximate surface area is 126 Å². The molecule has 116 valence electrons. The van der Waals surface area contributed by atoms with Crippen molar-refractivity contribution in [2.45, 2.75) is 20.3 Å². The standard InChI is InChI=1S/C14H17N5O3/c1-7-4-9-10(5-8(7)2)19(14(21)22)13(20)11(17-9)12(16)18(3)6-15/h4-6,14-16,21-22H,1-3H3/p+1. The lowest BCUT2D eigenvalue weighted by molar-refractivity contribution is -0.362. The normalized spacial score (nSPS) is 12.6. The number of aliphatic hydroxyl groups is 2. The van der Waals surface area contributed by atoms with Crippen LogP contribution in [0.25, 0.3) is 11.0 Å². The van der Waals surface area contributed by atoms with Gasteiger partial charge < -0.3 is 15.9 Å². The Bertz CT molecular complexity index is 852. The monoisotopic (exact) mass is 304 g/mol. The lowest BCUT2D eigenvalue weighted by atomic mass is 10.1. The number of nitrogens with two attached hydrogens (primary N) is 1. The molecule has 22 heavy (non-hydrogen) atoms. The number of aromatic nitrogens is 2. The highest BCUT2D eigenvalue weighted by Gasteiger charge is 2.20. The van der Waals surface area contributed by atoms with E-state index < -0.39 is 12.0 Å². The van der Waals surface area contributed by atoms with Crippen molar-refractivity contribution in [2.24, 2.45) is 5.73 Å². The van der Waals surface area contributed by atoms with Crippen molar-refractivity contribution in [3.63, 3.8) is 0 Å². The van der Waals surface area contributed by atoms with Gasteiger partial charge in [0.1, 0.15) is 0 Å². The van der Waals surface area contributed by atoms with E-state index in [1.807, 2.05) is 13.8 Å². The second-order valence-corrected chi connectivity index (χ2v) is 5.03. The largest absolute Gasteiger partial charge is 0.351 e. The van der Waals surface area contributed by atoms with E-state index in [0.29, 0.717) is 11.0 Å². The third-order valence-electron chi connectivity index (χ3n) is 3.55. The minimum Gasteiger partial charge on any atom is -0.351 e. The molecule has 0 saturated carbocycles. The second kappa shape index (κ2) is 5.66. The first kappa shape index (κ1) is 15.8. The first-order valence-corrected chi connectivity index (χ1v) is 6.53. The van der Waals surface area contributed by atoms with Crippen LogP contribution < -0.4 is 11.3 Å². The van der Waals surface area contributed by atoms with Crippen LogP contribution in [0.4, 0.5) is 0 Å². The van der Waals surface area contributed by atoms with Gasteiger partial charge in [0.2, 0.25) is 18.4 Å². The topological polar surface area (TPSA) is 128 Å². The minimum absolute atomic E-state index is 0.0467. The van der Waals surface area contributed by atoms with E-state index in [-0.39, 0.29) is 11.5 Å². The van der Waals surface area contributed by atoms with Gasteiger partial charge in [-0.3, -0.25) is 9.36 Å². The van der Waals surface area contributed by atoms with E-state index in [2.05, 4.69) is 4.98 Å². The van der Waals surface area contributed by atoms with Crippen LogP contribution in [0, 0.1) is 19.3 Å². The van der Waals surface area contributed by atoms with Gasteiger partial charge in [-0.2, -0.15) is 5.41 Å². The molecule has 8 heteroatoms. The maximum absolute atomic E-state index is 12.5. The number of hydrogen-bond donors (Lipinski definition) is 4. The Hall–Kier alpha value is -2.58. The molecule has 2 rings (SSSR count). The summed E-state index contributed by atoms with van der Waals surface area (Å²) in [5.41, 5.74) is 7.50. The minimum atomic E-state index is -2.02. The fraction of sp³-hybridized carbons (Fsp3) is 0.286.